The first-order valence-corrected chi connectivity index (χ1v) is 11.4. The summed E-state index contributed by atoms with van der Waals surface area (Å²) in [5, 5.41) is 4.09. The van der Waals surface area contributed by atoms with Gasteiger partial charge in [0.2, 0.25) is 5.91 Å². The summed E-state index contributed by atoms with van der Waals surface area (Å²) in [4.78, 5) is 31.1. The average molecular weight is 442 g/mol. The first kappa shape index (κ1) is 21.1. The number of methoxy groups -OCH3 is 1. The third kappa shape index (κ3) is 3.91. The lowest BCUT2D eigenvalue weighted by Gasteiger charge is -2.65. The van der Waals surface area contributed by atoms with E-state index in [9.17, 15) is 14.0 Å². The van der Waals surface area contributed by atoms with Crippen LogP contribution in [0.25, 0.3) is 11.5 Å². The Bertz CT molecular complexity index is 1010. The predicted molar refractivity (Wildman–Crippen MR) is 115 cm³/mol. The summed E-state index contributed by atoms with van der Waals surface area (Å²) >= 11 is 0. The number of unbranched alkanes of at least 4 members (excludes halogenated alkanes) is 2. The van der Waals surface area contributed by atoms with Crippen molar-refractivity contribution in [3.05, 3.63) is 30.1 Å². The molecule has 0 N–H and O–H groups in total. The van der Waals surface area contributed by atoms with Crippen molar-refractivity contribution in [2.24, 2.45) is 5.41 Å². The van der Waals surface area contributed by atoms with Crippen LogP contribution in [0.3, 0.4) is 0 Å². The van der Waals surface area contributed by atoms with Crippen molar-refractivity contribution in [2.45, 2.75) is 69.4 Å². The third-order valence-corrected chi connectivity index (χ3v) is 6.94. The highest BCUT2D eigenvalue weighted by molar-refractivity contribution is 6.00. The zero-order valence-electron chi connectivity index (χ0n) is 18.3. The van der Waals surface area contributed by atoms with E-state index in [4.69, 9.17) is 4.52 Å². The van der Waals surface area contributed by atoms with Crippen LogP contribution in [0.4, 0.5) is 10.1 Å². The van der Waals surface area contributed by atoms with Gasteiger partial charge in [0, 0.05) is 30.1 Å². The van der Waals surface area contributed by atoms with Crippen LogP contribution in [-0.4, -0.2) is 41.3 Å². The van der Waals surface area contributed by atoms with Gasteiger partial charge < -0.3 is 14.2 Å². The fourth-order valence-corrected chi connectivity index (χ4v) is 5.01. The third-order valence-electron chi connectivity index (χ3n) is 6.94. The molecule has 0 saturated heterocycles. The number of esters is 1. The van der Waals surface area contributed by atoms with E-state index in [1.807, 2.05) is 24.3 Å². The van der Waals surface area contributed by atoms with Crippen molar-refractivity contribution in [3.8, 4) is 11.5 Å². The summed E-state index contributed by atoms with van der Waals surface area (Å²) in [6.07, 6.45) is 5.78. The Hall–Kier alpha value is -2.77. The number of anilines is 1. The lowest BCUT2D eigenvalue weighted by Crippen LogP contribution is -2.70. The number of nitrogens with zero attached hydrogens (tertiary/aromatic N) is 3. The van der Waals surface area contributed by atoms with E-state index < -0.39 is 11.1 Å². The molecule has 0 radical (unpaired) electrons. The number of ether oxygens (including phenoxy) is 1. The Morgan fingerprint density at radius 2 is 2.00 bits per heavy atom. The molecule has 4 saturated carbocycles. The van der Waals surface area contributed by atoms with E-state index >= 15 is 0 Å². The predicted octanol–water partition coefficient (Wildman–Crippen LogP) is 4.57. The van der Waals surface area contributed by atoms with Gasteiger partial charge in [-0.1, -0.05) is 17.6 Å². The molecule has 2 bridgehead atoms. The molecule has 0 spiro atoms. The largest absolute Gasteiger partial charge is 0.469 e. The van der Waals surface area contributed by atoms with Gasteiger partial charge in [-0.3, -0.25) is 9.59 Å². The number of benzene rings is 1. The first-order chi connectivity index (χ1) is 15.4. The second kappa shape index (κ2) is 7.98. The van der Waals surface area contributed by atoms with Gasteiger partial charge >= 0.3 is 5.97 Å². The van der Waals surface area contributed by atoms with Crippen molar-refractivity contribution in [1.82, 2.24) is 10.1 Å². The Morgan fingerprint density at radius 3 is 2.69 bits per heavy atom. The molecule has 1 amide bonds. The first-order valence-electron chi connectivity index (χ1n) is 11.4. The molecular weight excluding hydrogens is 413 g/mol. The topological polar surface area (TPSA) is 85.5 Å². The van der Waals surface area contributed by atoms with Crippen molar-refractivity contribution < 1.29 is 23.2 Å². The number of amides is 1. The normalized spacial score (nSPS) is 25.6. The molecule has 4 aliphatic carbocycles. The van der Waals surface area contributed by atoms with E-state index in [0.29, 0.717) is 50.5 Å². The van der Waals surface area contributed by atoms with Crippen molar-refractivity contribution in [3.63, 3.8) is 0 Å². The van der Waals surface area contributed by atoms with Gasteiger partial charge in [-0.25, -0.2) is 4.39 Å². The van der Waals surface area contributed by atoms with E-state index in [2.05, 4.69) is 14.9 Å². The smallest absolute Gasteiger partial charge is 0.305 e. The average Bonchev–Trinajstić information content (AvgIpc) is 3.49. The maximum absolute atomic E-state index is 14.1. The summed E-state index contributed by atoms with van der Waals surface area (Å²) in [6, 6.07) is 7.56. The highest BCUT2D eigenvalue weighted by atomic mass is 19.1. The minimum Gasteiger partial charge on any atom is -0.469 e. The molecule has 4 fully saturated rings. The van der Waals surface area contributed by atoms with E-state index in [-0.39, 0.29) is 11.9 Å². The quantitative estimate of drug-likeness (QED) is 0.397. The maximum atomic E-state index is 14.1. The van der Waals surface area contributed by atoms with Crippen molar-refractivity contribution in [1.29, 1.82) is 0 Å². The van der Waals surface area contributed by atoms with E-state index in [1.54, 1.807) is 4.90 Å². The second-order valence-corrected chi connectivity index (χ2v) is 9.59. The summed E-state index contributed by atoms with van der Waals surface area (Å²) in [7, 11) is 1.38. The minimum absolute atomic E-state index is 0.00802. The molecule has 4 aliphatic rings. The van der Waals surface area contributed by atoms with Gasteiger partial charge in [0.1, 0.15) is 5.67 Å². The fraction of sp³-hybridized carbons (Fsp3) is 0.583. The Labute approximate surface area is 186 Å². The number of carbonyl (C=O) groups excluding carboxylic acids is 2. The number of carbonyl (C=O) groups is 2. The Morgan fingerprint density at radius 1 is 1.22 bits per heavy atom. The molecule has 7 nitrogen and oxygen atoms in total. The number of hydrogen-bond donors (Lipinski definition) is 0. The highest BCUT2D eigenvalue weighted by Crippen LogP contribution is 2.70. The molecule has 1 aromatic heterocycles. The highest BCUT2D eigenvalue weighted by Gasteiger charge is 2.73. The molecule has 1 heterocycles. The summed E-state index contributed by atoms with van der Waals surface area (Å²) in [5.74, 6) is 1.36. The molecule has 0 aliphatic heterocycles. The molecule has 0 unspecified atom stereocenters. The van der Waals surface area contributed by atoms with Crippen molar-refractivity contribution in [2.75, 3.05) is 18.6 Å². The van der Waals surface area contributed by atoms with Crippen LogP contribution in [0.2, 0.25) is 0 Å². The molecular formula is C24H28FN3O4. The number of halogens is 1. The monoisotopic (exact) mass is 441 g/mol. The van der Waals surface area contributed by atoms with Gasteiger partial charge in [0.05, 0.1) is 12.5 Å². The van der Waals surface area contributed by atoms with E-state index in [1.165, 1.54) is 7.11 Å². The number of alkyl halides is 1. The summed E-state index contributed by atoms with van der Waals surface area (Å²) in [6.45, 7) is 0.516. The molecule has 170 valence electrons. The molecule has 6 rings (SSSR count). The maximum Gasteiger partial charge on any atom is 0.305 e. The molecule has 32 heavy (non-hydrogen) atoms. The van der Waals surface area contributed by atoms with Crippen LogP contribution in [0, 0.1) is 5.41 Å². The molecule has 0 atom stereocenters. The standard InChI is InChI=1S/C24H28FN3O4/c1-31-19(29)8-3-2-4-11-28(22(30)23-13-24(25,14-23)15-23)18-7-5-6-17(12-18)21-26-20(27-32-21)16-9-10-16/h5-7,12,16H,2-4,8-11,13-15H2,1H3. The van der Waals surface area contributed by atoms with Crippen molar-refractivity contribution >= 4 is 17.6 Å². The minimum atomic E-state index is -1.13. The van der Waals surface area contributed by atoms with Crippen LogP contribution < -0.4 is 4.90 Å². The number of rotatable bonds is 10. The Balaban J connectivity index is 1.31. The molecule has 8 heteroatoms. The number of hydrogen-bond acceptors (Lipinski definition) is 6. The van der Waals surface area contributed by atoms with E-state index in [0.717, 1.165) is 42.8 Å². The summed E-state index contributed by atoms with van der Waals surface area (Å²) in [5.41, 5.74) is -0.165. The van der Waals surface area contributed by atoms with Gasteiger partial charge in [0.25, 0.3) is 5.89 Å². The van der Waals surface area contributed by atoms with Crippen LogP contribution in [0.1, 0.15) is 69.5 Å². The van der Waals surface area contributed by atoms with Crippen LogP contribution >= 0.6 is 0 Å². The second-order valence-electron chi connectivity index (χ2n) is 9.59. The molecule has 1 aromatic carbocycles. The van der Waals surface area contributed by atoms with Gasteiger partial charge in [-0.05, 0) is 63.1 Å². The van der Waals surface area contributed by atoms with Gasteiger partial charge in [0.15, 0.2) is 5.82 Å². The number of aromatic nitrogens is 2. The van der Waals surface area contributed by atoms with Crippen LogP contribution in [0.15, 0.2) is 28.8 Å². The van der Waals surface area contributed by atoms with Gasteiger partial charge in [-0.15, -0.1) is 0 Å². The lowest BCUT2D eigenvalue weighted by molar-refractivity contribution is -0.211. The van der Waals surface area contributed by atoms with Crippen LogP contribution in [-0.2, 0) is 14.3 Å². The Kier molecular flexibility index (Phi) is 5.26. The SMILES string of the molecule is COC(=O)CCCCCN(C(=O)C12CC(F)(C1)C2)c1cccc(-c2nc(C3CC3)no2)c1. The lowest BCUT2D eigenvalue weighted by atomic mass is 9.42. The fourth-order valence-electron chi connectivity index (χ4n) is 5.01. The van der Waals surface area contributed by atoms with Gasteiger partial charge in [-0.2, -0.15) is 4.98 Å². The molecule has 2 aromatic rings. The van der Waals surface area contributed by atoms with Crippen LogP contribution in [0.5, 0.6) is 0 Å². The zero-order chi connectivity index (χ0) is 22.3. The zero-order valence-corrected chi connectivity index (χ0v) is 18.3. The summed E-state index contributed by atoms with van der Waals surface area (Å²) < 4.78 is 24.3.